The molecule has 2 aromatic rings. The molecule has 0 amide bonds. The summed E-state index contributed by atoms with van der Waals surface area (Å²) in [6, 6.07) is 12.1. The lowest BCUT2D eigenvalue weighted by Gasteiger charge is -1.91. The van der Waals surface area contributed by atoms with Crippen LogP contribution in [-0.4, -0.2) is 6.21 Å². The highest BCUT2D eigenvalue weighted by atomic mass is 32.1. The Kier molecular flexibility index (Phi) is 2.75. The molecule has 0 unspecified atom stereocenters. The molecule has 0 aliphatic rings. The second-order valence-electron chi connectivity index (χ2n) is 3.06. The number of thiophene rings is 1. The molecule has 0 spiro atoms. The number of nitrogens with zero attached hydrogens (tertiary/aromatic N) is 1. The summed E-state index contributed by atoms with van der Waals surface area (Å²) in [6.07, 6.45) is 1.93. The summed E-state index contributed by atoms with van der Waals surface area (Å²) in [4.78, 5) is 5.63. The molecule has 0 aliphatic carbocycles. The van der Waals surface area contributed by atoms with Crippen molar-refractivity contribution in [2.45, 2.75) is 6.92 Å². The van der Waals surface area contributed by atoms with E-state index in [1.54, 1.807) is 11.3 Å². The first-order valence-corrected chi connectivity index (χ1v) is 5.37. The summed E-state index contributed by atoms with van der Waals surface area (Å²) in [5.74, 6) is 0. The highest BCUT2D eigenvalue weighted by molar-refractivity contribution is 7.11. The van der Waals surface area contributed by atoms with Crippen molar-refractivity contribution < 1.29 is 0 Å². The molecule has 2 rings (SSSR count). The lowest BCUT2D eigenvalue weighted by atomic mass is 10.3. The zero-order valence-corrected chi connectivity index (χ0v) is 8.79. The van der Waals surface area contributed by atoms with Crippen LogP contribution in [0.3, 0.4) is 0 Å². The molecule has 0 radical (unpaired) electrons. The van der Waals surface area contributed by atoms with Crippen molar-refractivity contribution in [3.05, 3.63) is 52.2 Å². The number of rotatable bonds is 2. The van der Waals surface area contributed by atoms with Gasteiger partial charge in [0.05, 0.1) is 5.69 Å². The molecule has 1 heterocycles. The van der Waals surface area contributed by atoms with Gasteiger partial charge in [-0.05, 0) is 36.1 Å². The lowest BCUT2D eigenvalue weighted by Crippen LogP contribution is -1.76. The molecule has 0 aliphatic heterocycles. The highest BCUT2D eigenvalue weighted by Crippen LogP contribution is 2.15. The largest absolute Gasteiger partial charge is 0.255 e. The van der Waals surface area contributed by atoms with Gasteiger partial charge in [-0.25, -0.2) is 0 Å². The van der Waals surface area contributed by atoms with E-state index in [0.717, 1.165) is 5.69 Å². The predicted octanol–water partition coefficient (Wildman–Crippen LogP) is 3.81. The van der Waals surface area contributed by atoms with Crippen LogP contribution in [0, 0.1) is 6.92 Å². The van der Waals surface area contributed by atoms with Crippen LogP contribution < -0.4 is 0 Å². The fourth-order valence-corrected chi connectivity index (χ4v) is 1.95. The number of aliphatic imine (C=N–C) groups is 1. The quantitative estimate of drug-likeness (QED) is 0.655. The predicted molar refractivity (Wildman–Crippen MR) is 62.8 cm³/mol. The van der Waals surface area contributed by atoms with Gasteiger partial charge in [0.15, 0.2) is 0 Å². The Morgan fingerprint density at radius 1 is 1.14 bits per heavy atom. The van der Waals surface area contributed by atoms with Crippen LogP contribution in [0.1, 0.15) is 10.4 Å². The molecule has 70 valence electrons. The van der Waals surface area contributed by atoms with Crippen molar-refractivity contribution in [2.24, 2.45) is 4.99 Å². The van der Waals surface area contributed by atoms with Crippen LogP contribution in [0.4, 0.5) is 5.69 Å². The SMILES string of the molecule is Cc1ccsc1C=Nc1ccccc1. The zero-order valence-electron chi connectivity index (χ0n) is 7.97. The number of benzene rings is 1. The zero-order chi connectivity index (χ0) is 9.80. The average Bonchev–Trinajstić information content (AvgIpc) is 2.63. The molecule has 1 nitrogen and oxygen atoms in total. The fourth-order valence-electron chi connectivity index (χ4n) is 1.16. The summed E-state index contributed by atoms with van der Waals surface area (Å²) in [6.45, 7) is 2.10. The molecule has 0 bridgehead atoms. The summed E-state index contributed by atoms with van der Waals surface area (Å²) < 4.78 is 0. The van der Waals surface area contributed by atoms with Gasteiger partial charge in [0.1, 0.15) is 0 Å². The molecule has 2 heteroatoms. The summed E-state index contributed by atoms with van der Waals surface area (Å²) >= 11 is 1.72. The second kappa shape index (κ2) is 4.20. The average molecular weight is 201 g/mol. The van der Waals surface area contributed by atoms with Gasteiger partial charge in [0.25, 0.3) is 0 Å². The third kappa shape index (κ3) is 2.09. The normalized spacial score (nSPS) is 10.9. The van der Waals surface area contributed by atoms with E-state index in [1.165, 1.54) is 10.4 Å². The third-order valence-corrected chi connectivity index (χ3v) is 2.94. The Morgan fingerprint density at radius 2 is 1.93 bits per heavy atom. The van der Waals surface area contributed by atoms with Gasteiger partial charge < -0.3 is 0 Å². The van der Waals surface area contributed by atoms with E-state index in [9.17, 15) is 0 Å². The first-order chi connectivity index (χ1) is 6.86. The maximum Gasteiger partial charge on any atom is 0.0630 e. The highest BCUT2D eigenvalue weighted by Gasteiger charge is 1.94. The van der Waals surface area contributed by atoms with Gasteiger partial charge in [-0.15, -0.1) is 11.3 Å². The maximum absolute atomic E-state index is 4.39. The van der Waals surface area contributed by atoms with Crippen molar-refractivity contribution in [2.75, 3.05) is 0 Å². The molecule has 14 heavy (non-hydrogen) atoms. The number of hydrogen-bond acceptors (Lipinski definition) is 2. The van der Waals surface area contributed by atoms with Gasteiger partial charge in [0, 0.05) is 11.1 Å². The number of aryl methyl sites for hydroxylation is 1. The molecule has 1 aromatic carbocycles. The first-order valence-electron chi connectivity index (χ1n) is 4.49. The minimum Gasteiger partial charge on any atom is -0.255 e. The van der Waals surface area contributed by atoms with Crippen molar-refractivity contribution in [3.63, 3.8) is 0 Å². The molecule has 0 N–H and O–H groups in total. The molecule has 1 aromatic heterocycles. The van der Waals surface area contributed by atoms with Crippen molar-refractivity contribution >= 4 is 23.2 Å². The molecule has 0 saturated heterocycles. The Hall–Kier alpha value is -1.41. The maximum atomic E-state index is 4.39. The minimum absolute atomic E-state index is 1.00. The second-order valence-corrected chi connectivity index (χ2v) is 4.01. The number of para-hydroxylation sites is 1. The Labute approximate surface area is 87.8 Å². The lowest BCUT2D eigenvalue weighted by molar-refractivity contribution is 1.51. The minimum atomic E-state index is 1.00. The number of hydrogen-bond donors (Lipinski definition) is 0. The first kappa shape index (κ1) is 9.16. The topological polar surface area (TPSA) is 12.4 Å². The van der Waals surface area contributed by atoms with E-state index in [2.05, 4.69) is 23.4 Å². The van der Waals surface area contributed by atoms with Crippen LogP contribution >= 0.6 is 11.3 Å². The van der Waals surface area contributed by atoms with Crippen molar-refractivity contribution in [1.29, 1.82) is 0 Å². The summed E-state index contributed by atoms with van der Waals surface area (Å²) in [5.41, 5.74) is 2.29. The van der Waals surface area contributed by atoms with Crippen LogP contribution in [0.25, 0.3) is 0 Å². The van der Waals surface area contributed by atoms with Gasteiger partial charge in [0.2, 0.25) is 0 Å². The molecular weight excluding hydrogens is 190 g/mol. The Morgan fingerprint density at radius 3 is 2.57 bits per heavy atom. The Balaban J connectivity index is 2.20. The molecule has 0 saturated carbocycles. The van der Waals surface area contributed by atoms with Crippen molar-refractivity contribution in [1.82, 2.24) is 0 Å². The molecular formula is C12H11NS. The monoisotopic (exact) mass is 201 g/mol. The van der Waals surface area contributed by atoms with E-state index in [1.807, 2.05) is 36.5 Å². The van der Waals surface area contributed by atoms with E-state index in [4.69, 9.17) is 0 Å². The molecule has 0 fully saturated rings. The van der Waals surface area contributed by atoms with Gasteiger partial charge in [-0.2, -0.15) is 0 Å². The van der Waals surface area contributed by atoms with Crippen molar-refractivity contribution in [3.8, 4) is 0 Å². The van der Waals surface area contributed by atoms with Gasteiger partial charge in [-0.3, -0.25) is 4.99 Å². The van der Waals surface area contributed by atoms with E-state index in [-0.39, 0.29) is 0 Å². The van der Waals surface area contributed by atoms with Crippen LogP contribution in [0.2, 0.25) is 0 Å². The summed E-state index contributed by atoms with van der Waals surface area (Å²) in [7, 11) is 0. The van der Waals surface area contributed by atoms with E-state index >= 15 is 0 Å². The van der Waals surface area contributed by atoms with Crippen LogP contribution in [0.15, 0.2) is 46.8 Å². The smallest absolute Gasteiger partial charge is 0.0630 e. The Bertz CT molecular complexity index is 429. The summed E-state index contributed by atoms with van der Waals surface area (Å²) in [5, 5.41) is 2.08. The van der Waals surface area contributed by atoms with E-state index in [0.29, 0.717) is 0 Å². The molecule has 0 atom stereocenters. The van der Waals surface area contributed by atoms with Crippen LogP contribution in [0.5, 0.6) is 0 Å². The standard InChI is InChI=1S/C12H11NS/c1-10-7-8-14-12(10)9-13-11-5-3-2-4-6-11/h2-9H,1H3. The van der Waals surface area contributed by atoms with Gasteiger partial charge in [-0.1, -0.05) is 18.2 Å². The van der Waals surface area contributed by atoms with Crippen LogP contribution in [-0.2, 0) is 0 Å². The van der Waals surface area contributed by atoms with Gasteiger partial charge >= 0.3 is 0 Å². The fraction of sp³-hybridized carbons (Fsp3) is 0.0833. The third-order valence-electron chi connectivity index (χ3n) is 1.99. The van der Waals surface area contributed by atoms with E-state index < -0.39 is 0 Å².